The van der Waals surface area contributed by atoms with Crippen molar-refractivity contribution in [3.63, 3.8) is 0 Å². The predicted octanol–water partition coefficient (Wildman–Crippen LogP) is 6.63. The van der Waals surface area contributed by atoms with Crippen LogP contribution < -0.4 is 10.3 Å². The van der Waals surface area contributed by atoms with E-state index in [1.165, 1.54) is 23.0 Å². The Bertz CT molecular complexity index is 1420. The summed E-state index contributed by atoms with van der Waals surface area (Å²) in [5.74, 6) is 0.457. The van der Waals surface area contributed by atoms with Crippen LogP contribution in [0.3, 0.4) is 0 Å². The lowest BCUT2D eigenvalue weighted by atomic mass is 10.2. The quantitative estimate of drug-likeness (QED) is 0.254. The Kier molecular flexibility index (Phi) is 7.12. The molecule has 0 aliphatic heterocycles. The molecule has 0 N–H and O–H groups in total. The fourth-order valence-corrected chi connectivity index (χ4v) is 4.22. The first kappa shape index (κ1) is 23.4. The van der Waals surface area contributed by atoms with Crippen LogP contribution >= 0.6 is 39.1 Å². The molecule has 9 heteroatoms. The van der Waals surface area contributed by atoms with Gasteiger partial charge in [0.25, 0.3) is 5.56 Å². The molecule has 5 nitrogen and oxygen atoms in total. The Morgan fingerprint density at radius 2 is 1.91 bits per heavy atom. The lowest BCUT2D eigenvalue weighted by Crippen LogP contribution is -2.22. The molecule has 0 spiro atoms. The first-order valence-electron chi connectivity index (χ1n) is 9.97. The molecule has 0 aliphatic carbocycles. The van der Waals surface area contributed by atoms with Gasteiger partial charge in [-0.2, -0.15) is 9.78 Å². The molecule has 0 unspecified atom stereocenters. The number of aryl methyl sites for hydroxylation is 1. The van der Waals surface area contributed by atoms with Crippen LogP contribution in [-0.4, -0.2) is 15.9 Å². The molecule has 1 aromatic heterocycles. The van der Waals surface area contributed by atoms with E-state index in [9.17, 15) is 9.18 Å². The van der Waals surface area contributed by atoms with Crippen LogP contribution in [0.25, 0.3) is 10.9 Å². The number of aromatic nitrogens is 2. The Labute approximate surface area is 207 Å². The minimum absolute atomic E-state index is 0.109. The molecule has 3 aromatic carbocycles. The van der Waals surface area contributed by atoms with E-state index >= 15 is 0 Å². The number of hydrogen-bond acceptors (Lipinski definition) is 4. The number of hydrogen-bond donors (Lipinski definition) is 0. The minimum atomic E-state index is -0.350. The summed E-state index contributed by atoms with van der Waals surface area (Å²) in [7, 11) is 0. The Balaban J connectivity index is 1.63. The van der Waals surface area contributed by atoms with E-state index in [-0.39, 0.29) is 33.8 Å². The van der Waals surface area contributed by atoms with E-state index in [2.05, 4.69) is 26.0 Å². The summed E-state index contributed by atoms with van der Waals surface area (Å²) in [5.41, 5.74) is 1.56. The van der Waals surface area contributed by atoms with Crippen molar-refractivity contribution in [2.45, 2.75) is 20.0 Å². The molecule has 0 fully saturated rings. The van der Waals surface area contributed by atoms with Gasteiger partial charge in [0, 0.05) is 10.9 Å². The first-order valence-corrected chi connectivity index (χ1v) is 11.5. The monoisotopic (exact) mass is 547 g/mol. The van der Waals surface area contributed by atoms with Gasteiger partial charge in [0.15, 0.2) is 5.75 Å². The van der Waals surface area contributed by atoms with E-state index in [1.807, 2.05) is 13.0 Å². The maximum Gasteiger partial charge on any atom is 0.282 e. The third-order valence-electron chi connectivity index (χ3n) is 4.81. The predicted molar refractivity (Wildman–Crippen MR) is 133 cm³/mol. The molecule has 0 bridgehead atoms. The van der Waals surface area contributed by atoms with Gasteiger partial charge in [-0.3, -0.25) is 4.79 Å². The van der Waals surface area contributed by atoms with Crippen LogP contribution in [0.15, 0.2) is 69.0 Å². The third kappa shape index (κ3) is 5.27. The molecule has 0 saturated heterocycles. The van der Waals surface area contributed by atoms with Crippen molar-refractivity contribution < 1.29 is 9.13 Å². The van der Waals surface area contributed by atoms with Crippen LogP contribution in [-0.2, 0) is 13.0 Å². The van der Waals surface area contributed by atoms with Crippen molar-refractivity contribution >= 4 is 56.2 Å². The summed E-state index contributed by atoms with van der Waals surface area (Å²) < 4.78 is 21.1. The lowest BCUT2D eigenvalue weighted by Gasteiger charge is -2.11. The topological polar surface area (TPSA) is 56.5 Å². The van der Waals surface area contributed by atoms with Crippen LogP contribution in [0, 0.1) is 5.82 Å². The molecule has 0 aliphatic rings. The normalized spacial score (nSPS) is 11.4. The largest absolute Gasteiger partial charge is 0.486 e. The van der Waals surface area contributed by atoms with Crippen molar-refractivity contribution in [1.29, 1.82) is 0 Å². The lowest BCUT2D eigenvalue weighted by molar-refractivity contribution is 0.306. The summed E-state index contributed by atoms with van der Waals surface area (Å²) in [6.07, 6.45) is 2.01. The van der Waals surface area contributed by atoms with Crippen molar-refractivity contribution in [3.05, 3.63) is 102 Å². The van der Waals surface area contributed by atoms with Crippen molar-refractivity contribution in [3.8, 4) is 5.75 Å². The van der Waals surface area contributed by atoms with Crippen molar-refractivity contribution in [1.82, 2.24) is 9.66 Å². The molecule has 0 atom stereocenters. The number of ether oxygens (including phenoxy) is 1. The Hall–Kier alpha value is -2.74. The van der Waals surface area contributed by atoms with Crippen LogP contribution in [0.4, 0.5) is 4.39 Å². The van der Waals surface area contributed by atoms with Gasteiger partial charge in [-0.05, 0) is 53.6 Å². The fraction of sp³-hybridized carbons (Fsp3) is 0.125. The second kappa shape index (κ2) is 10.0. The molecule has 0 amide bonds. The highest BCUT2D eigenvalue weighted by Gasteiger charge is 2.12. The zero-order valence-electron chi connectivity index (χ0n) is 17.4. The maximum atomic E-state index is 13.4. The van der Waals surface area contributed by atoms with E-state index in [0.29, 0.717) is 34.3 Å². The SMILES string of the molecule is CCc1nc2ccc(Br)cc2c(=O)n1N=Cc1cc(Cl)c(OCc2cccc(F)c2)c(Cl)c1. The third-order valence-corrected chi connectivity index (χ3v) is 5.86. The maximum absolute atomic E-state index is 13.4. The fourth-order valence-electron chi connectivity index (χ4n) is 3.24. The number of fused-ring (bicyclic) bond motifs is 1. The molecule has 33 heavy (non-hydrogen) atoms. The standard InChI is InChI=1S/C24H17BrCl2FN3O2/c1-2-22-30-21-7-6-16(25)11-18(21)24(32)31(22)29-12-15-9-19(26)23(20(27)10-15)33-13-14-4-3-5-17(28)8-14/h3-12H,2,13H2,1H3. The summed E-state index contributed by atoms with van der Waals surface area (Å²) in [6, 6.07) is 14.7. The average Bonchev–Trinajstić information content (AvgIpc) is 2.78. The van der Waals surface area contributed by atoms with E-state index < -0.39 is 0 Å². The van der Waals surface area contributed by atoms with Crippen LogP contribution in [0.1, 0.15) is 23.9 Å². The van der Waals surface area contributed by atoms with Crippen LogP contribution in [0.5, 0.6) is 5.75 Å². The highest BCUT2D eigenvalue weighted by molar-refractivity contribution is 9.10. The van der Waals surface area contributed by atoms with Gasteiger partial charge in [0.05, 0.1) is 27.2 Å². The van der Waals surface area contributed by atoms with E-state index in [1.54, 1.807) is 36.4 Å². The van der Waals surface area contributed by atoms with Gasteiger partial charge in [0.1, 0.15) is 18.2 Å². The molecule has 0 radical (unpaired) electrons. The molecule has 4 aromatic rings. The molecule has 4 rings (SSSR count). The highest BCUT2D eigenvalue weighted by Crippen LogP contribution is 2.34. The second-order valence-electron chi connectivity index (χ2n) is 7.14. The number of rotatable bonds is 6. The highest BCUT2D eigenvalue weighted by atomic mass is 79.9. The van der Waals surface area contributed by atoms with Crippen LogP contribution in [0.2, 0.25) is 10.0 Å². The molecular weight excluding hydrogens is 532 g/mol. The number of benzene rings is 3. The Morgan fingerprint density at radius 1 is 1.15 bits per heavy atom. The molecule has 0 saturated carbocycles. The first-order chi connectivity index (χ1) is 15.9. The molecule has 1 heterocycles. The molecular formula is C24H17BrCl2FN3O2. The summed E-state index contributed by atoms with van der Waals surface area (Å²) >= 11 is 16.1. The van der Waals surface area contributed by atoms with Crippen molar-refractivity contribution in [2.75, 3.05) is 0 Å². The average molecular weight is 549 g/mol. The summed E-state index contributed by atoms with van der Waals surface area (Å²) in [5, 5.41) is 5.33. The van der Waals surface area contributed by atoms with Crippen molar-refractivity contribution in [2.24, 2.45) is 5.10 Å². The molecule has 168 valence electrons. The summed E-state index contributed by atoms with van der Waals surface area (Å²) in [6.45, 7) is 2.01. The van der Waals surface area contributed by atoms with Gasteiger partial charge in [-0.15, -0.1) is 0 Å². The zero-order chi connectivity index (χ0) is 23.5. The van der Waals surface area contributed by atoms with E-state index in [4.69, 9.17) is 27.9 Å². The van der Waals surface area contributed by atoms with Gasteiger partial charge in [-0.1, -0.05) is 58.2 Å². The van der Waals surface area contributed by atoms with Gasteiger partial charge in [-0.25, -0.2) is 9.37 Å². The number of nitrogens with zero attached hydrogens (tertiary/aromatic N) is 3. The van der Waals surface area contributed by atoms with Gasteiger partial charge < -0.3 is 4.74 Å². The van der Waals surface area contributed by atoms with Gasteiger partial charge in [0.2, 0.25) is 0 Å². The zero-order valence-corrected chi connectivity index (χ0v) is 20.5. The van der Waals surface area contributed by atoms with E-state index in [0.717, 1.165) is 4.47 Å². The smallest absolute Gasteiger partial charge is 0.282 e. The Morgan fingerprint density at radius 3 is 2.61 bits per heavy atom. The minimum Gasteiger partial charge on any atom is -0.486 e. The second-order valence-corrected chi connectivity index (χ2v) is 8.87. The summed E-state index contributed by atoms with van der Waals surface area (Å²) in [4.78, 5) is 17.5. The number of halogens is 4. The van der Waals surface area contributed by atoms with Gasteiger partial charge >= 0.3 is 0 Å².